The molecule has 1 aliphatic heterocycles. The molecule has 0 saturated heterocycles. The van der Waals surface area contributed by atoms with Gasteiger partial charge in [-0.2, -0.15) is 0 Å². The first-order valence-corrected chi connectivity index (χ1v) is 15.4. The van der Waals surface area contributed by atoms with Gasteiger partial charge in [0.05, 0.1) is 16.6 Å². The van der Waals surface area contributed by atoms with E-state index in [9.17, 15) is 0 Å². The van der Waals surface area contributed by atoms with Crippen LogP contribution >= 0.6 is 0 Å². The third kappa shape index (κ3) is 3.86. The monoisotopic (exact) mass is 569 g/mol. The molecule has 0 bridgehead atoms. The Morgan fingerprint density at radius 3 is 2.18 bits per heavy atom. The quantitative estimate of drug-likeness (QED) is 0.223. The number of amidine groups is 1. The number of para-hydroxylation sites is 2. The lowest BCUT2D eigenvalue weighted by atomic mass is 10.00. The first kappa shape index (κ1) is 25.1. The minimum Gasteiger partial charge on any atom is -0.350 e. The maximum absolute atomic E-state index is 5.40. The summed E-state index contributed by atoms with van der Waals surface area (Å²) in [6.45, 7) is 0. The van der Waals surface area contributed by atoms with Gasteiger partial charge in [-0.3, -0.25) is 5.32 Å². The Morgan fingerprint density at radius 1 is 0.659 bits per heavy atom. The second kappa shape index (κ2) is 10.1. The molecule has 0 spiro atoms. The number of hydrogen-bond acceptors (Lipinski definition) is 3. The van der Waals surface area contributed by atoms with Crippen LogP contribution in [0, 0.1) is 0 Å². The average molecular weight is 570 g/mol. The van der Waals surface area contributed by atoms with E-state index >= 15 is 0 Å². The Kier molecular flexibility index (Phi) is 5.78. The number of nitrogens with one attached hydrogen (secondary N) is 2. The smallest absolute Gasteiger partial charge is 0.184 e. The fourth-order valence-corrected chi connectivity index (χ4v) is 7.13. The molecule has 7 aromatic rings. The van der Waals surface area contributed by atoms with Crippen LogP contribution < -0.4 is 10.6 Å². The van der Waals surface area contributed by atoms with Crippen molar-refractivity contribution < 1.29 is 0 Å². The molecule has 2 aliphatic rings. The highest BCUT2D eigenvalue weighted by Gasteiger charge is 2.30. The summed E-state index contributed by atoms with van der Waals surface area (Å²) in [6, 6.07) is 45.2. The topological polar surface area (TPSA) is 46.3 Å². The molecule has 9 rings (SSSR count). The lowest BCUT2D eigenvalue weighted by molar-refractivity contribution is 0.341. The second-order valence-corrected chi connectivity index (χ2v) is 11.6. The zero-order valence-corrected chi connectivity index (χ0v) is 24.2. The van der Waals surface area contributed by atoms with Gasteiger partial charge in [0, 0.05) is 33.1 Å². The predicted octanol–water partition coefficient (Wildman–Crippen LogP) is 8.49. The van der Waals surface area contributed by atoms with Crippen LogP contribution in [0.15, 0.2) is 138 Å². The summed E-state index contributed by atoms with van der Waals surface area (Å²) in [5.74, 6) is 0.877. The molecule has 0 fully saturated rings. The van der Waals surface area contributed by atoms with Crippen molar-refractivity contribution in [1.82, 2.24) is 19.8 Å². The molecule has 5 nitrogen and oxygen atoms in total. The number of benzene rings is 5. The van der Waals surface area contributed by atoms with Gasteiger partial charge in [-0.05, 0) is 48.2 Å². The standard InChI is InChI=1S/C39H31N5/c1-4-14-26(15-5-1)37-40-38(27-16-6-2-7-17-27)42-39(41-37)44-34-23-13-11-21-30(34)32-25-24-31-29-20-10-12-22-33(29)43(35(31)36(32)44)28-18-8-3-9-19-28/h1-9,11-19,21-25,37,39,41H,10,20H2,(H,40,42). The van der Waals surface area contributed by atoms with Crippen molar-refractivity contribution in [2.75, 3.05) is 0 Å². The van der Waals surface area contributed by atoms with Crippen molar-refractivity contribution in [2.45, 2.75) is 25.3 Å². The van der Waals surface area contributed by atoms with E-state index in [1.807, 2.05) is 0 Å². The fraction of sp³-hybridized carbons (Fsp3) is 0.103. The second-order valence-electron chi connectivity index (χ2n) is 11.6. The summed E-state index contributed by atoms with van der Waals surface area (Å²) in [7, 11) is 0. The van der Waals surface area contributed by atoms with Crippen LogP contribution in [0.25, 0.3) is 44.5 Å². The Morgan fingerprint density at radius 2 is 1.36 bits per heavy atom. The van der Waals surface area contributed by atoms with Gasteiger partial charge in [0.1, 0.15) is 12.0 Å². The van der Waals surface area contributed by atoms with Crippen molar-refractivity contribution in [3.63, 3.8) is 0 Å². The predicted molar refractivity (Wildman–Crippen MR) is 181 cm³/mol. The van der Waals surface area contributed by atoms with Gasteiger partial charge >= 0.3 is 0 Å². The van der Waals surface area contributed by atoms with Gasteiger partial charge in [-0.1, -0.05) is 115 Å². The van der Waals surface area contributed by atoms with Crippen molar-refractivity contribution in [3.8, 4) is 5.69 Å². The van der Waals surface area contributed by atoms with Crippen LogP contribution in [0.1, 0.15) is 41.3 Å². The molecular weight excluding hydrogens is 538 g/mol. The Bertz CT molecular complexity index is 2220. The number of nitrogens with zero attached hydrogens (tertiary/aromatic N) is 3. The fourth-order valence-electron chi connectivity index (χ4n) is 7.13. The lowest BCUT2D eigenvalue weighted by Gasteiger charge is -2.33. The SMILES string of the molecule is C1=Cc2c(c3ccc4c5ccccc5n(C5N=C(c6ccccc6)NC(c6ccccc6)N5)c4c3n2-c2ccccc2)CC1. The van der Waals surface area contributed by atoms with E-state index in [2.05, 4.69) is 159 Å². The summed E-state index contributed by atoms with van der Waals surface area (Å²) in [6.07, 6.45) is 6.23. The van der Waals surface area contributed by atoms with E-state index < -0.39 is 0 Å². The van der Waals surface area contributed by atoms with Crippen LogP contribution in [-0.4, -0.2) is 15.0 Å². The van der Waals surface area contributed by atoms with Crippen LogP contribution in [0.2, 0.25) is 0 Å². The van der Waals surface area contributed by atoms with E-state index in [1.165, 1.54) is 49.7 Å². The summed E-state index contributed by atoms with van der Waals surface area (Å²) in [4.78, 5) is 5.40. The first-order valence-electron chi connectivity index (χ1n) is 15.4. The minimum atomic E-state index is -0.351. The molecular formula is C39H31N5. The van der Waals surface area contributed by atoms with E-state index in [-0.39, 0.29) is 12.5 Å². The van der Waals surface area contributed by atoms with Gasteiger partial charge in [-0.15, -0.1) is 0 Å². The van der Waals surface area contributed by atoms with Gasteiger partial charge in [0.2, 0.25) is 0 Å². The molecule has 2 N–H and O–H groups in total. The van der Waals surface area contributed by atoms with Crippen molar-refractivity contribution in [3.05, 3.63) is 156 Å². The lowest BCUT2D eigenvalue weighted by Crippen LogP contribution is -2.46. The minimum absolute atomic E-state index is 0.124. The number of aryl methyl sites for hydroxylation is 1. The number of aromatic nitrogens is 2. The van der Waals surface area contributed by atoms with E-state index in [1.54, 1.807) is 0 Å². The van der Waals surface area contributed by atoms with E-state index in [0.717, 1.165) is 29.8 Å². The van der Waals surface area contributed by atoms with Crippen LogP contribution in [0.3, 0.4) is 0 Å². The molecule has 5 aromatic carbocycles. The van der Waals surface area contributed by atoms with Crippen molar-refractivity contribution in [1.29, 1.82) is 0 Å². The number of aliphatic imine (C=N–C) groups is 1. The highest BCUT2D eigenvalue weighted by Crippen LogP contribution is 2.42. The molecule has 0 radical (unpaired) electrons. The summed E-state index contributed by atoms with van der Waals surface area (Å²) in [5, 5.41) is 11.4. The molecule has 2 atom stereocenters. The highest BCUT2D eigenvalue weighted by atomic mass is 15.4. The van der Waals surface area contributed by atoms with Crippen LogP contribution in [-0.2, 0) is 6.42 Å². The first-order chi connectivity index (χ1) is 21.8. The Hall–Kier alpha value is -5.39. The maximum Gasteiger partial charge on any atom is 0.184 e. The van der Waals surface area contributed by atoms with Gasteiger partial charge < -0.3 is 14.5 Å². The normalized spacial score (nSPS) is 18.0. The number of allylic oxidation sites excluding steroid dienone is 1. The van der Waals surface area contributed by atoms with Gasteiger partial charge in [-0.25, -0.2) is 4.99 Å². The third-order valence-electron chi connectivity index (χ3n) is 9.07. The van der Waals surface area contributed by atoms with Crippen LogP contribution in [0.4, 0.5) is 0 Å². The summed E-state index contributed by atoms with van der Waals surface area (Å²) < 4.78 is 4.90. The molecule has 0 saturated carbocycles. The highest BCUT2D eigenvalue weighted by molar-refractivity contribution is 6.18. The average Bonchev–Trinajstić information content (AvgIpc) is 3.62. The molecule has 44 heavy (non-hydrogen) atoms. The summed E-state index contributed by atoms with van der Waals surface area (Å²) in [5.41, 5.74) is 9.68. The maximum atomic E-state index is 5.40. The van der Waals surface area contributed by atoms with Gasteiger partial charge in [0.15, 0.2) is 6.29 Å². The number of hydrogen-bond donors (Lipinski definition) is 2. The van der Waals surface area contributed by atoms with Gasteiger partial charge in [0.25, 0.3) is 0 Å². The molecule has 2 aromatic heterocycles. The largest absolute Gasteiger partial charge is 0.350 e. The number of fused-ring (bicyclic) bond motifs is 7. The van der Waals surface area contributed by atoms with Crippen molar-refractivity contribution in [2.24, 2.45) is 4.99 Å². The Balaban J connectivity index is 1.38. The van der Waals surface area contributed by atoms with E-state index in [0.29, 0.717) is 0 Å². The molecule has 5 heteroatoms. The zero-order chi connectivity index (χ0) is 29.0. The summed E-state index contributed by atoms with van der Waals surface area (Å²) >= 11 is 0. The molecule has 1 aliphatic carbocycles. The molecule has 2 unspecified atom stereocenters. The molecule has 3 heterocycles. The third-order valence-corrected chi connectivity index (χ3v) is 9.07. The molecule has 212 valence electrons. The van der Waals surface area contributed by atoms with E-state index in [4.69, 9.17) is 4.99 Å². The number of rotatable bonds is 4. The van der Waals surface area contributed by atoms with Crippen molar-refractivity contribution >= 4 is 44.6 Å². The molecule has 0 amide bonds. The van der Waals surface area contributed by atoms with Crippen LogP contribution in [0.5, 0.6) is 0 Å². The zero-order valence-electron chi connectivity index (χ0n) is 24.2. The Labute approximate surface area is 255 Å².